The predicted octanol–water partition coefficient (Wildman–Crippen LogP) is 6.59. The molecule has 314 valence electrons. The van der Waals surface area contributed by atoms with E-state index in [1.165, 1.54) is 22.3 Å². The highest BCUT2D eigenvalue weighted by Crippen LogP contribution is 2.24. The van der Waals surface area contributed by atoms with Gasteiger partial charge in [-0.15, -0.1) is 0 Å². The second-order valence-electron chi connectivity index (χ2n) is 15.4. The van der Waals surface area contributed by atoms with E-state index in [-0.39, 0.29) is 10.8 Å². The van der Waals surface area contributed by atoms with E-state index in [0.717, 1.165) is 59.6 Å². The summed E-state index contributed by atoms with van der Waals surface area (Å²) < 4.78 is 122. The van der Waals surface area contributed by atoms with Crippen molar-refractivity contribution in [3.63, 3.8) is 0 Å². The minimum atomic E-state index is -6.09. The first-order valence-corrected chi connectivity index (χ1v) is 20.3. The third-order valence-electron chi connectivity index (χ3n) is 8.59. The minimum Gasteiger partial charge on any atom is -0.741 e. The maximum absolute atomic E-state index is 10.7. The highest BCUT2D eigenvalue weighted by molar-refractivity contribution is 7.86. The molecule has 2 N–H and O–H groups in total. The van der Waals surface area contributed by atoms with Gasteiger partial charge in [0, 0.05) is 36.1 Å². The van der Waals surface area contributed by atoms with Crippen LogP contribution in [0.2, 0.25) is 0 Å². The topological polar surface area (TPSA) is 180 Å². The van der Waals surface area contributed by atoms with Crippen LogP contribution in [0.15, 0.2) is 85.5 Å². The number of aryl methyl sites for hydroxylation is 2. The molecule has 2 aromatic carbocycles. The van der Waals surface area contributed by atoms with Crippen molar-refractivity contribution in [2.45, 2.75) is 89.3 Å². The number of rotatable bonds is 7. The van der Waals surface area contributed by atoms with E-state index < -0.39 is 31.3 Å². The summed E-state index contributed by atoms with van der Waals surface area (Å²) in [7, 11) is -12.2. The van der Waals surface area contributed by atoms with Crippen molar-refractivity contribution in [1.82, 2.24) is 19.9 Å². The maximum atomic E-state index is 10.7. The van der Waals surface area contributed by atoms with Crippen LogP contribution in [0.3, 0.4) is 0 Å². The molecule has 0 bridgehead atoms. The molecule has 4 aromatic heterocycles. The SMILES string of the molecule is CC(C)(C)c1ccc(C[n+]2ccc3nc(CCc4nc5cc[n+](Cc6ccc(C(C)(C)C)cc6)cc5[nH]4)[nH]c3c2)cc1.O=S(=O)([O-])C(F)(F)F.O=S(=O)([O-])C(F)(F)F. The van der Waals surface area contributed by atoms with Crippen molar-refractivity contribution in [2.75, 3.05) is 0 Å². The second kappa shape index (κ2) is 17.1. The number of halogens is 6. The fourth-order valence-corrected chi connectivity index (χ4v) is 5.42. The monoisotopic (exact) mass is 856 g/mol. The van der Waals surface area contributed by atoms with E-state index in [2.05, 4.69) is 146 Å². The molecule has 6 rings (SSSR count). The van der Waals surface area contributed by atoms with Crippen LogP contribution in [0.1, 0.15) is 75.4 Å². The third-order valence-corrected chi connectivity index (χ3v) is 9.73. The molecule has 20 heteroatoms. The number of imidazole rings is 2. The first-order valence-electron chi connectivity index (χ1n) is 17.5. The van der Waals surface area contributed by atoms with Gasteiger partial charge in [-0.3, -0.25) is 0 Å². The molecule has 4 heterocycles. The Morgan fingerprint density at radius 3 is 1.10 bits per heavy atom. The zero-order chi connectivity index (χ0) is 43.5. The van der Waals surface area contributed by atoms with Gasteiger partial charge in [-0.1, -0.05) is 90.1 Å². The van der Waals surface area contributed by atoms with E-state index in [4.69, 9.17) is 35.9 Å². The normalized spacial score (nSPS) is 12.9. The van der Waals surface area contributed by atoms with Gasteiger partial charge in [-0.2, -0.15) is 35.5 Å². The molecule has 0 unspecified atom stereocenters. The lowest BCUT2D eigenvalue weighted by Gasteiger charge is -2.18. The number of pyridine rings is 2. The van der Waals surface area contributed by atoms with E-state index >= 15 is 0 Å². The molecule has 0 aliphatic carbocycles. The van der Waals surface area contributed by atoms with Crippen molar-refractivity contribution in [2.24, 2.45) is 0 Å². The predicted molar refractivity (Wildman–Crippen MR) is 200 cm³/mol. The maximum Gasteiger partial charge on any atom is 0.485 e. The van der Waals surface area contributed by atoms with Gasteiger partial charge in [0.25, 0.3) is 0 Å². The van der Waals surface area contributed by atoms with Crippen LogP contribution in [0.4, 0.5) is 26.3 Å². The number of aromatic nitrogens is 6. The van der Waals surface area contributed by atoms with Gasteiger partial charge in [0.1, 0.15) is 33.7 Å². The lowest BCUT2D eigenvalue weighted by molar-refractivity contribution is -0.687. The molecule has 0 saturated heterocycles. The fourth-order valence-electron chi connectivity index (χ4n) is 5.42. The summed E-state index contributed by atoms with van der Waals surface area (Å²) in [6.45, 7) is 15.1. The number of fused-ring (bicyclic) bond motifs is 2. The van der Waals surface area contributed by atoms with E-state index in [1.54, 1.807) is 0 Å². The highest BCUT2D eigenvalue weighted by atomic mass is 32.2. The van der Waals surface area contributed by atoms with E-state index in [1.807, 2.05) is 0 Å². The zero-order valence-corrected chi connectivity index (χ0v) is 33.9. The number of aromatic amines is 2. The van der Waals surface area contributed by atoms with Gasteiger partial charge in [0.2, 0.25) is 0 Å². The third kappa shape index (κ3) is 12.8. The van der Waals surface area contributed by atoms with Gasteiger partial charge >= 0.3 is 11.0 Å². The number of hydrogen-bond donors (Lipinski definition) is 2. The van der Waals surface area contributed by atoms with Gasteiger partial charge in [-0.05, 0) is 22.0 Å². The van der Waals surface area contributed by atoms with Gasteiger partial charge in [-0.25, -0.2) is 26.8 Å². The van der Waals surface area contributed by atoms with Crippen LogP contribution in [-0.4, -0.2) is 56.9 Å². The van der Waals surface area contributed by atoms with Crippen LogP contribution in [-0.2, 0) is 57.0 Å². The second-order valence-corrected chi connectivity index (χ2v) is 18.1. The Morgan fingerprint density at radius 2 is 0.845 bits per heavy atom. The van der Waals surface area contributed by atoms with Crippen LogP contribution < -0.4 is 9.13 Å². The summed E-state index contributed by atoms with van der Waals surface area (Å²) >= 11 is 0. The van der Waals surface area contributed by atoms with Crippen LogP contribution in [0, 0.1) is 0 Å². The summed E-state index contributed by atoms with van der Waals surface area (Å²) in [6, 6.07) is 22.1. The highest BCUT2D eigenvalue weighted by Gasteiger charge is 2.37. The summed E-state index contributed by atoms with van der Waals surface area (Å²) in [5, 5.41) is 0. The van der Waals surface area contributed by atoms with Crippen molar-refractivity contribution in [1.29, 1.82) is 0 Å². The number of benzene rings is 2. The Bertz CT molecular complexity index is 2380. The summed E-state index contributed by atoms with van der Waals surface area (Å²) in [5.74, 6) is 1.96. The first kappa shape index (κ1) is 45.8. The number of alkyl halides is 6. The molecule has 12 nitrogen and oxygen atoms in total. The standard InChI is InChI=1S/C36H40N6.2CHF3O3S/c1-35(2,3)27-11-7-25(8-12-27)21-41-19-17-29-31(23-41)39-33(37-29)15-16-34-38-30-18-20-42(24-32(30)40-34)22-26-9-13-28(14-10-26)36(4,5)6;2*2-1(3,4)8(5,6)7/h7-14,17-20,23-24H,15-16,21-22H2,1-6H3;2*(H,5,6,7). The molecule has 0 spiro atoms. The van der Waals surface area contributed by atoms with Crippen molar-refractivity contribution in [3.8, 4) is 0 Å². The molecule has 0 saturated carbocycles. The number of nitrogens with one attached hydrogen (secondary N) is 2. The largest absolute Gasteiger partial charge is 0.741 e. The Labute approximate surface area is 331 Å². The summed E-state index contributed by atoms with van der Waals surface area (Å²) in [6.07, 6.45) is 10.1. The van der Waals surface area contributed by atoms with Crippen LogP contribution >= 0.6 is 0 Å². The van der Waals surface area contributed by atoms with E-state index in [0.29, 0.717) is 0 Å². The molecule has 0 aliphatic heterocycles. The van der Waals surface area contributed by atoms with Crippen molar-refractivity contribution in [3.05, 3.63) is 119 Å². The average molecular weight is 857 g/mol. The van der Waals surface area contributed by atoms with E-state index in [9.17, 15) is 26.3 Å². The Morgan fingerprint density at radius 1 is 0.552 bits per heavy atom. The lowest BCUT2D eigenvalue weighted by Crippen LogP contribution is -2.33. The van der Waals surface area contributed by atoms with Gasteiger partial charge in [0.05, 0.1) is 0 Å². The van der Waals surface area contributed by atoms with Crippen molar-refractivity contribution >= 4 is 42.3 Å². The molecule has 6 aromatic rings. The number of H-pyrrole nitrogens is 2. The molecular weight excluding hydrogens is 815 g/mol. The van der Waals surface area contributed by atoms with Gasteiger partial charge in [0.15, 0.2) is 58.1 Å². The molecule has 0 fully saturated rings. The minimum absolute atomic E-state index is 0.167. The molecule has 0 aliphatic rings. The quantitative estimate of drug-likeness (QED) is 0.0781. The molecule has 0 radical (unpaired) electrons. The Kier molecular flexibility index (Phi) is 13.5. The summed E-state index contributed by atoms with van der Waals surface area (Å²) in [4.78, 5) is 16.7. The first-order chi connectivity index (χ1) is 26.5. The molecule has 0 amide bonds. The van der Waals surface area contributed by atoms with Gasteiger partial charge < -0.3 is 19.1 Å². The average Bonchev–Trinajstić information content (AvgIpc) is 3.69. The Hall–Kier alpha value is -4.92. The number of hydrogen-bond acceptors (Lipinski definition) is 8. The van der Waals surface area contributed by atoms with Crippen LogP contribution in [0.5, 0.6) is 0 Å². The molecule has 0 atom stereocenters. The lowest BCUT2D eigenvalue weighted by atomic mass is 9.87. The molecule has 58 heavy (non-hydrogen) atoms. The summed E-state index contributed by atoms with van der Waals surface area (Å²) in [5.41, 5.74) is -1.57. The zero-order valence-electron chi connectivity index (χ0n) is 32.2. The fraction of sp³-hybridized carbons (Fsp3) is 0.368. The molecular formula is C38H42F6N6O6S2. The van der Waals surface area contributed by atoms with Crippen LogP contribution in [0.25, 0.3) is 22.1 Å². The Balaban J connectivity index is 0.000000393. The number of nitrogens with zero attached hydrogens (tertiary/aromatic N) is 4. The smallest absolute Gasteiger partial charge is 0.485 e. The van der Waals surface area contributed by atoms with Crippen molar-refractivity contribution < 1.29 is 61.4 Å².